The topological polar surface area (TPSA) is 38.3 Å². The summed E-state index contributed by atoms with van der Waals surface area (Å²) in [4.78, 5) is 11.2. The van der Waals surface area contributed by atoms with Crippen LogP contribution in [0.4, 0.5) is 4.79 Å². The van der Waals surface area contributed by atoms with E-state index in [1.54, 1.807) is 6.92 Å². The maximum atomic E-state index is 11.2. The zero-order valence-electron chi connectivity index (χ0n) is 9.90. The summed E-state index contributed by atoms with van der Waals surface area (Å²) in [5.41, 5.74) is 1.25. The van der Waals surface area contributed by atoms with Crippen LogP contribution < -0.4 is 5.32 Å². The monoisotopic (exact) mass is 221 g/mol. The molecule has 3 heteroatoms. The second-order valence-corrected chi connectivity index (χ2v) is 3.62. The Morgan fingerprint density at radius 1 is 1.31 bits per heavy atom. The third kappa shape index (κ3) is 3.93. The number of carbonyl (C=O) groups excluding carboxylic acids is 1. The van der Waals surface area contributed by atoms with E-state index in [0.29, 0.717) is 19.1 Å². The average molecular weight is 221 g/mol. The largest absolute Gasteiger partial charge is 0.450 e. The summed E-state index contributed by atoms with van der Waals surface area (Å²) in [6.07, 6.45) is 0.660. The predicted molar refractivity (Wildman–Crippen MR) is 64.5 cm³/mol. The van der Waals surface area contributed by atoms with E-state index in [1.807, 2.05) is 18.2 Å². The minimum Gasteiger partial charge on any atom is -0.450 e. The molecule has 0 aliphatic carbocycles. The van der Waals surface area contributed by atoms with Gasteiger partial charge in [-0.15, -0.1) is 0 Å². The maximum Gasteiger partial charge on any atom is 0.407 e. The highest BCUT2D eigenvalue weighted by atomic mass is 16.5. The normalized spacial score (nSPS) is 11.9. The van der Waals surface area contributed by atoms with Crippen LogP contribution in [-0.4, -0.2) is 19.2 Å². The van der Waals surface area contributed by atoms with E-state index in [4.69, 9.17) is 4.74 Å². The molecule has 1 aromatic carbocycles. The van der Waals surface area contributed by atoms with Gasteiger partial charge in [0.15, 0.2) is 0 Å². The molecule has 0 spiro atoms. The van der Waals surface area contributed by atoms with Gasteiger partial charge in [-0.1, -0.05) is 37.3 Å². The number of hydrogen-bond donors (Lipinski definition) is 1. The van der Waals surface area contributed by atoms with Gasteiger partial charge in [0.05, 0.1) is 6.61 Å². The molecule has 0 aliphatic rings. The minimum atomic E-state index is -0.336. The van der Waals surface area contributed by atoms with Crippen molar-refractivity contribution in [3.8, 4) is 0 Å². The van der Waals surface area contributed by atoms with Gasteiger partial charge < -0.3 is 10.1 Å². The Morgan fingerprint density at radius 3 is 2.56 bits per heavy atom. The number of hydrogen-bond acceptors (Lipinski definition) is 2. The van der Waals surface area contributed by atoms with Gasteiger partial charge >= 0.3 is 6.09 Å². The fourth-order valence-electron chi connectivity index (χ4n) is 1.61. The Kier molecular flexibility index (Phi) is 5.40. The van der Waals surface area contributed by atoms with Gasteiger partial charge in [-0.2, -0.15) is 0 Å². The molecular formula is C13H19NO2. The first-order valence-electron chi connectivity index (χ1n) is 5.73. The van der Waals surface area contributed by atoms with Gasteiger partial charge in [-0.3, -0.25) is 0 Å². The number of alkyl carbamates (subject to hydrolysis) is 1. The molecule has 3 nitrogen and oxygen atoms in total. The van der Waals surface area contributed by atoms with Crippen molar-refractivity contribution in [3.63, 3.8) is 0 Å². The highest BCUT2D eigenvalue weighted by molar-refractivity contribution is 5.67. The molecule has 0 aliphatic heterocycles. The quantitative estimate of drug-likeness (QED) is 0.830. The zero-order chi connectivity index (χ0) is 11.8. The van der Waals surface area contributed by atoms with E-state index in [1.165, 1.54) is 5.56 Å². The summed E-state index contributed by atoms with van der Waals surface area (Å²) < 4.78 is 4.82. The van der Waals surface area contributed by atoms with Crippen molar-refractivity contribution < 1.29 is 9.53 Å². The summed E-state index contributed by atoms with van der Waals surface area (Å²) in [5.74, 6) is 0.352. The molecule has 0 fully saturated rings. The summed E-state index contributed by atoms with van der Waals surface area (Å²) in [7, 11) is 0. The fourth-order valence-corrected chi connectivity index (χ4v) is 1.61. The molecular weight excluding hydrogens is 202 g/mol. The molecule has 0 bridgehead atoms. The molecule has 1 atom stereocenters. The second-order valence-electron chi connectivity index (χ2n) is 3.62. The van der Waals surface area contributed by atoms with Crippen molar-refractivity contribution in [2.24, 2.45) is 0 Å². The van der Waals surface area contributed by atoms with Gasteiger partial charge in [-0.05, 0) is 18.9 Å². The molecule has 0 radical (unpaired) electrons. The smallest absolute Gasteiger partial charge is 0.407 e. The van der Waals surface area contributed by atoms with Gasteiger partial charge in [0, 0.05) is 12.5 Å². The first-order chi connectivity index (χ1) is 7.77. The van der Waals surface area contributed by atoms with E-state index in [2.05, 4.69) is 24.4 Å². The SMILES string of the molecule is CCOC(=O)NCC(CC)c1ccccc1. The van der Waals surface area contributed by atoms with E-state index < -0.39 is 0 Å². The minimum absolute atomic E-state index is 0.336. The first kappa shape index (κ1) is 12.6. The number of amides is 1. The molecule has 88 valence electrons. The third-order valence-corrected chi connectivity index (χ3v) is 2.53. The van der Waals surface area contributed by atoms with E-state index in [9.17, 15) is 4.79 Å². The van der Waals surface area contributed by atoms with Gasteiger partial charge in [0.25, 0.3) is 0 Å². The number of rotatable bonds is 5. The van der Waals surface area contributed by atoms with Crippen molar-refractivity contribution >= 4 is 6.09 Å². The lowest BCUT2D eigenvalue weighted by Gasteiger charge is -2.15. The Morgan fingerprint density at radius 2 is 2.00 bits per heavy atom. The number of ether oxygens (including phenoxy) is 1. The zero-order valence-corrected chi connectivity index (χ0v) is 9.90. The molecule has 1 unspecified atom stereocenters. The molecule has 1 rings (SSSR count). The predicted octanol–water partition coefficient (Wildman–Crippen LogP) is 2.93. The summed E-state index contributed by atoms with van der Waals surface area (Å²) in [6.45, 7) is 4.95. The highest BCUT2D eigenvalue weighted by Gasteiger charge is 2.10. The summed E-state index contributed by atoms with van der Waals surface area (Å²) >= 11 is 0. The average Bonchev–Trinajstić information content (AvgIpc) is 2.31. The molecule has 1 amide bonds. The molecule has 16 heavy (non-hydrogen) atoms. The van der Waals surface area contributed by atoms with E-state index in [-0.39, 0.29) is 6.09 Å². The lowest BCUT2D eigenvalue weighted by atomic mass is 9.97. The molecule has 0 aromatic heterocycles. The van der Waals surface area contributed by atoms with Gasteiger partial charge in [-0.25, -0.2) is 4.79 Å². The Bertz CT molecular complexity index is 311. The lowest BCUT2D eigenvalue weighted by Crippen LogP contribution is -2.28. The van der Waals surface area contributed by atoms with Gasteiger partial charge in [0.2, 0.25) is 0 Å². The maximum absolute atomic E-state index is 11.2. The molecule has 0 saturated heterocycles. The molecule has 0 saturated carbocycles. The van der Waals surface area contributed by atoms with Crippen molar-refractivity contribution in [2.75, 3.05) is 13.2 Å². The second kappa shape index (κ2) is 6.88. The van der Waals surface area contributed by atoms with Crippen LogP contribution in [-0.2, 0) is 4.74 Å². The van der Waals surface area contributed by atoms with Crippen molar-refractivity contribution in [1.82, 2.24) is 5.32 Å². The number of benzene rings is 1. The van der Waals surface area contributed by atoms with Crippen LogP contribution in [0.5, 0.6) is 0 Å². The third-order valence-electron chi connectivity index (χ3n) is 2.53. The summed E-state index contributed by atoms with van der Waals surface area (Å²) in [5, 5.41) is 2.77. The van der Waals surface area contributed by atoms with Crippen LogP contribution in [0.3, 0.4) is 0 Å². The van der Waals surface area contributed by atoms with Crippen LogP contribution in [0.2, 0.25) is 0 Å². The van der Waals surface area contributed by atoms with E-state index in [0.717, 1.165) is 6.42 Å². The summed E-state index contributed by atoms with van der Waals surface area (Å²) in [6, 6.07) is 10.2. The molecule has 1 N–H and O–H groups in total. The Balaban J connectivity index is 2.47. The first-order valence-corrected chi connectivity index (χ1v) is 5.73. The van der Waals surface area contributed by atoms with Crippen LogP contribution in [0.1, 0.15) is 31.7 Å². The highest BCUT2D eigenvalue weighted by Crippen LogP contribution is 2.17. The van der Waals surface area contributed by atoms with Crippen LogP contribution in [0.15, 0.2) is 30.3 Å². The number of nitrogens with one attached hydrogen (secondary N) is 1. The Labute approximate surface area is 96.8 Å². The van der Waals surface area contributed by atoms with Crippen LogP contribution >= 0.6 is 0 Å². The molecule has 0 heterocycles. The fraction of sp³-hybridized carbons (Fsp3) is 0.462. The van der Waals surface area contributed by atoms with Gasteiger partial charge in [0.1, 0.15) is 0 Å². The Hall–Kier alpha value is -1.51. The van der Waals surface area contributed by atoms with E-state index >= 15 is 0 Å². The van der Waals surface area contributed by atoms with Crippen molar-refractivity contribution in [1.29, 1.82) is 0 Å². The van der Waals surface area contributed by atoms with Crippen LogP contribution in [0, 0.1) is 0 Å². The lowest BCUT2D eigenvalue weighted by molar-refractivity contribution is 0.151. The van der Waals surface area contributed by atoms with Crippen molar-refractivity contribution in [2.45, 2.75) is 26.2 Å². The number of carbonyl (C=O) groups is 1. The standard InChI is InChI=1S/C13H19NO2/c1-3-11(10-14-13(15)16-4-2)12-8-6-5-7-9-12/h5-9,11H,3-4,10H2,1-2H3,(H,14,15). The van der Waals surface area contributed by atoms with Crippen molar-refractivity contribution in [3.05, 3.63) is 35.9 Å². The van der Waals surface area contributed by atoms with Crippen LogP contribution in [0.25, 0.3) is 0 Å². The molecule has 1 aromatic rings.